The minimum Gasteiger partial charge on any atom is -0.294 e. The van der Waals surface area contributed by atoms with Crippen LogP contribution in [0.3, 0.4) is 0 Å². The number of hydrogen-bond acceptors (Lipinski definition) is 2. The maximum Gasteiger partial charge on any atom is 0.225 e. The molecule has 65 valence electrons. The predicted octanol–water partition coefficient (Wildman–Crippen LogP) is 2.01. The fourth-order valence-corrected chi connectivity index (χ4v) is 1.09. The van der Waals surface area contributed by atoms with Gasteiger partial charge >= 0.3 is 0 Å². The molecule has 1 rings (SSSR count). The Morgan fingerprint density at radius 2 is 2.08 bits per heavy atom. The Hall–Kier alpha value is -1.70. The van der Waals surface area contributed by atoms with Crippen LogP contribution in [0.15, 0.2) is 30.3 Å². The third-order valence-corrected chi connectivity index (χ3v) is 1.67. The fraction of sp³-hybridized carbons (Fsp3) is 0.0909. The van der Waals surface area contributed by atoms with Crippen molar-refractivity contribution in [2.24, 2.45) is 0 Å². The van der Waals surface area contributed by atoms with E-state index in [2.05, 4.69) is 0 Å². The van der Waals surface area contributed by atoms with Crippen molar-refractivity contribution >= 4 is 18.1 Å². The van der Waals surface area contributed by atoms with Crippen LogP contribution in [0.4, 0.5) is 0 Å². The Kier molecular flexibility index (Phi) is 3.15. The van der Waals surface area contributed by atoms with Crippen LogP contribution >= 0.6 is 0 Å². The van der Waals surface area contributed by atoms with Gasteiger partial charge in [0.2, 0.25) is 6.29 Å². The highest BCUT2D eigenvalue weighted by atomic mass is 16.1. The van der Waals surface area contributed by atoms with Gasteiger partial charge in [-0.15, -0.1) is 0 Å². The van der Waals surface area contributed by atoms with Crippen LogP contribution in [0, 0.1) is 0 Å². The van der Waals surface area contributed by atoms with E-state index in [9.17, 15) is 9.59 Å². The summed E-state index contributed by atoms with van der Waals surface area (Å²) >= 11 is 0. The smallest absolute Gasteiger partial charge is 0.225 e. The summed E-state index contributed by atoms with van der Waals surface area (Å²) in [5.74, 6) is -0.00820. The van der Waals surface area contributed by atoms with E-state index in [0.29, 0.717) is 5.56 Å². The van der Waals surface area contributed by atoms with Crippen LogP contribution < -0.4 is 0 Å². The van der Waals surface area contributed by atoms with Crippen molar-refractivity contribution in [3.63, 3.8) is 0 Å². The SMILES string of the molecule is CC(=O)c1ccccc1/C=C/[C]=O. The second-order valence-corrected chi connectivity index (χ2v) is 2.59. The molecule has 1 aromatic carbocycles. The van der Waals surface area contributed by atoms with Gasteiger partial charge in [-0.1, -0.05) is 30.3 Å². The molecular weight excluding hydrogens is 164 g/mol. The lowest BCUT2D eigenvalue weighted by molar-refractivity contribution is 0.101. The van der Waals surface area contributed by atoms with Gasteiger partial charge in [0.15, 0.2) is 5.78 Å². The monoisotopic (exact) mass is 173 g/mol. The van der Waals surface area contributed by atoms with Crippen molar-refractivity contribution in [3.8, 4) is 0 Å². The van der Waals surface area contributed by atoms with Gasteiger partial charge < -0.3 is 0 Å². The lowest BCUT2D eigenvalue weighted by Crippen LogP contribution is -1.94. The Labute approximate surface area is 76.9 Å². The molecular formula is C11H9O2. The lowest BCUT2D eigenvalue weighted by atomic mass is 10.0. The minimum absolute atomic E-state index is 0.00820. The number of ketones is 1. The second-order valence-electron chi connectivity index (χ2n) is 2.59. The van der Waals surface area contributed by atoms with Gasteiger partial charge in [-0.3, -0.25) is 9.59 Å². The molecule has 0 fully saturated rings. The molecule has 0 heterocycles. The standard InChI is InChI=1S/C11H9O2/c1-9(13)11-7-3-2-5-10(11)6-4-8-12/h2-7H,1H3/b6-4+. The number of benzene rings is 1. The van der Waals surface area contributed by atoms with Gasteiger partial charge in [0.1, 0.15) is 0 Å². The summed E-state index contributed by atoms with van der Waals surface area (Å²) in [6, 6.07) is 7.12. The molecule has 0 aromatic heterocycles. The van der Waals surface area contributed by atoms with Crippen LogP contribution in [0.2, 0.25) is 0 Å². The van der Waals surface area contributed by atoms with Gasteiger partial charge in [-0.2, -0.15) is 0 Å². The van der Waals surface area contributed by atoms with E-state index in [1.807, 2.05) is 6.07 Å². The van der Waals surface area contributed by atoms with Crippen molar-refractivity contribution in [1.82, 2.24) is 0 Å². The minimum atomic E-state index is -0.00820. The van der Waals surface area contributed by atoms with Crippen molar-refractivity contribution in [2.75, 3.05) is 0 Å². The molecule has 0 spiro atoms. The second kappa shape index (κ2) is 4.36. The zero-order chi connectivity index (χ0) is 9.68. The quantitative estimate of drug-likeness (QED) is 0.517. The predicted molar refractivity (Wildman–Crippen MR) is 51.2 cm³/mol. The number of rotatable bonds is 3. The van der Waals surface area contributed by atoms with Gasteiger partial charge in [0, 0.05) is 5.56 Å². The molecule has 0 atom stereocenters. The molecule has 0 bridgehead atoms. The van der Waals surface area contributed by atoms with Crippen LogP contribution in [0.5, 0.6) is 0 Å². The summed E-state index contributed by atoms with van der Waals surface area (Å²) in [4.78, 5) is 21.1. The zero-order valence-corrected chi connectivity index (χ0v) is 7.28. The number of hydrogen-bond donors (Lipinski definition) is 0. The molecule has 2 heteroatoms. The average Bonchev–Trinajstić information content (AvgIpc) is 2.15. The molecule has 0 aliphatic heterocycles. The molecule has 2 nitrogen and oxygen atoms in total. The van der Waals surface area contributed by atoms with Crippen molar-refractivity contribution in [2.45, 2.75) is 6.92 Å². The molecule has 0 aliphatic carbocycles. The first-order chi connectivity index (χ1) is 6.25. The highest BCUT2D eigenvalue weighted by Gasteiger charge is 2.02. The lowest BCUT2D eigenvalue weighted by Gasteiger charge is -1.99. The van der Waals surface area contributed by atoms with Gasteiger partial charge in [0.05, 0.1) is 0 Å². The summed E-state index contributed by atoms with van der Waals surface area (Å²) in [7, 11) is 0. The van der Waals surface area contributed by atoms with Gasteiger partial charge in [-0.05, 0) is 18.6 Å². The number of carbonyl (C=O) groups excluding carboxylic acids is 2. The average molecular weight is 173 g/mol. The van der Waals surface area contributed by atoms with Crippen molar-refractivity contribution in [3.05, 3.63) is 41.5 Å². The largest absolute Gasteiger partial charge is 0.294 e. The maximum atomic E-state index is 11.1. The molecule has 13 heavy (non-hydrogen) atoms. The summed E-state index contributed by atoms with van der Waals surface area (Å²) in [5, 5.41) is 0. The topological polar surface area (TPSA) is 34.1 Å². The first kappa shape index (κ1) is 9.39. The maximum absolute atomic E-state index is 11.1. The van der Waals surface area contributed by atoms with E-state index in [1.165, 1.54) is 13.0 Å². The summed E-state index contributed by atoms with van der Waals surface area (Å²) in [6.07, 6.45) is 4.47. The molecule has 0 saturated carbocycles. The van der Waals surface area contributed by atoms with Crippen LogP contribution in [0.1, 0.15) is 22.8 Å². The Balaban J connectivity index is 3.11. The van der Waals surface area contributed by atoms with E-state index in [1.54, 1.807) is 30.6 Å². The van der Waals surface area contributed by atoms with Crippen LogP contribution in [-0.2, 0) is 4.79 Å². The molecule has 0 N–H and O–H groups in total. The number of allylic oxidation sites excluding steroid dienone is 1. The normalized spacial score (nSPS) is 10.2. The first-order valence-electron chi connectivity index (χ1n) is 3.90. The Bertz CT molecular complexity index is 351. The third-order valence-electron chi connectivity index (χ3n) is 1.67. The molecule has 0 aliphatic rings. The first-order valence-corrected chi connectivity index (χ1v) is 3.90. The highest BCUT2D eigenvalue weighted by Crippen LogP contribution is 2.10. The van der Waals surface area contributed by atoms with Crippen LogP contribution in [0.25, 0.3) is 6.08 Å². The van der Waals surface area contributed by atoms with Gasteiger partial charge in [-0.25, -0.2) is 0 Å². The summed E-state index contributed by atoms with van der Waals surface area (Å²) in [6.45, 7) is 1.50. The molecule has 1 aromatic rings. The molecule has 1 radical (unpaired) electrons. The van der Waals surface area contributed by atoms with E-state index < -0.39 is 0 Å². The number of carbonyl (C=O) groups is 1. The van der Waals surface area contributed by atoms with Crippen molar-refractivity contribution in [1.29, 1.82) is 0 Å². The van der Waals surface area contributed by atoms with Gasteiger partial charge in [0.25, 0.3) is 0 Å². The number of Topliss-reactive ketones (excluding diaryl/α,β-unsaturated/α-hetero) is 1. The van der Waals surface area contributed by atoms with E-state index in [4.69, 9.17) is 0 Å². The van der Waals surface area contributed by atoms with E-state index in [-0.39, 0.29) is 5.78 Å². The Morgan fingerprint density at radius 3 is 2.69 bits per heavy atom. The van der Waals surface area contributed by atoms with E-state index >= 15 is 0 Å². The summed E-state index contributed by atoms with van der Waals surface area (Å²) in [5.41, 5.74) is 1.37. The Morgan fingerprint density at radius 1 is 1.38 bits per heavy atom. The fourth-order valence-electron chi connectivity index (χ4n) is 1.09. The molecule has 0 saturated heterocycles. The highest BCUT2D eigenvalue weighted by molar-refractivity contribution is 5.98. The van der Waals surface area contributed by atoms with E-state index in [0.717, 1.165) is 5.56 Å². The van der Waals surface area contributed by atoms with Crippen LogP contribution in [-0.4, -0.2) is 12.1 Å². The molecule has 0 unspecified atom stereocenters. The zero-order valence-electron chi connectivity index (χ0n) is 7.28. The molecule has 0 amide bonds. The van der Waals surface area contributed by atoms with Crippen molar-refractivity contribution < 1.29 is 9.59 Å². The third kappa shape index (κ3) is 2.37. The summed E-state index contributed by atoms with van der Waals surface area (Å²) < 4.78 is 0.